The van der Waals surface area contributed by atoms with Crippen molar-refractivity contribution in [1.82, 2.24) is 0 Å². The summed E-state index contributed by atoms with van der Waals surface area (Å²) in [4.78, 5) is 2.41. The van der Waals surface area contributed by atoms with E-state index < -0.39 is 0 Å². The highest BCUT2D eigenvalue weighted by Gasteiger charge is 2.19. The molecule has 0 aliphatic heterocycles. The van der Waals surface area contributed by atoms with Gasteiger partial charge in [0, 0.05) is 16.9 Å². The lowest BCUT2D eigenvalue weighted by Gasteiger charge is -2.28. The SMILES string of the molecule is c1ccc(-c2ccc(-c3ccccc3N(c3ccc(-c4ccc(-c5cccc6ccccc56)cc4)cc3)c3cccc(-c4cccc5c4ccc4ccccc45)c3)cc2)cc1. The number of fused-ring (bicyclic) bond motifs is 4. The molecule has 0 saturated carbocycles. The van der Waals surface area contributed by atoms with Gasteiger partial charge in [0.2, 0.25) is 0 Å². The molecule has 0 bridgehead atoms. The van der Waals surface area contributed by atoms with E-state index in [9.17, 15) is 0 Å². The Hall–Kier alpha value is -8.00. The summed E-state index contributed by atoms with van der Waals surface area (Å²) in [5, 5.41) is 7.57. The molecule has 61 heavy (non-hydrogen) atoms. The average molecular weight is 776 g/mol. The zero-order valence-corrected chi connectivity index (χ0v) is 33.6. The fraction of sp³-hybridized carbons (Fsp3) is 0. The minimum absolute atomic E-state index is 1.09. The van der Waals surface area contributed by atoms with Gasteiger partial charge >= 0.3 is 0 Å². The Morgan fingerprint density at radius 1 is 0.213 bits per heavy atom. The van der Waals surface area contributed by atoms with Gasteiger partial charge in [0.1, 0.15) is 0 Å². The molecular weight excluding hydrogens is 735 g/mol. The number of hydrogen-bond acceptors (Lipinski definition) is 1. The lowest BCUT2D eigenvalue weighted by atomic mass is 9.94. The second-order valence-corrected chi connectivity index (χ2v) is 15.7. The molecule has 0 heterocycles. The van der Waals surface area contributed by atoms with Crippen LogP contribution in [0.15, 0.2) is 249 Å². The number of anilines is 3. The monoisotopic (exact) mass is 775 g/mol. The number of nitrogens with zero attached hydrogens (tertiary/aromatic N) is 1. The zero-order chi connectivity index (χ0) is 40.5. The van der Waals surface area contributed by atoms with Gasteiger partial charge in [-0.25, -0.2) is 0 Å². The Morgan fingerprint density at radius 2 is 0.672 bits per heavy atom. The Balaban J connectivity index is 1.01. The van der Waals surface area contributed by atoms with E-state index in [4.69, 9.17) is 0 Å². The van der Waals surface area contributed by atoms with E-state index in [0.29, 0.717) is 0 Å². The first-order chi connectivity index (χ1) is 30.2. The average Bonchev–Trinajstić information content (AvgIpc) is 3.34. The van der Waals surface area contributed by atoms with Gasteiger partial charge in [0.25, 0.3) is 0 Å². The Labute approximate surface area is 357 Å². The summed E-state index contributed by atoms with van der Waals surface area (Å²) in [7, 11) is 0. The van der Waals surface area contributed by atoms with E-state index >= 15 is 0 Å². The molecule has 0 radical (unpaired) electrons. The van der Waals surface area contributed by atoms with Crippen molar-refractivity contribution >= 4 is 49.4 Å². The van der Waals surface area contributed by atoms with Crippen LogP contribution in [0.25, 0.3) is 88.0 Å². The molecule has 0 fully saturated rings. The Kier molecular flexibility index (Phi) is 9.26. The van der Waals surface area contributed by atoms with E-state index in [1.807, 2.05) is 0 Å². The molecule has 0 N–H and O–H groups in total. The van der Waals surface area contributed by atoms with Crippen molar-refractivity contribution in [2.24, 2.45) is 0 Å². The van der Waals surface area contributed by atoms with Crippen LogP contribution in [-0.4, -0.2) is 0 Å². The molecule has 11 aromatic carbocycles. The van der Waals surface area contributed by atoms with E-state index in [1.165, 1.54) is 82.4 Å². The van der Waals surface area contributed by atoms with Crippen LogP contribution in [-0.2, 0) is 0 Å². The number of benzene rings is 11. The summed E-state index contributed by atoms with van der Waals surface area (Å²) in [5.41, 5.74) is 15.3. The fourth-order valence-corrected chi connectivity index (χ4v) is 9.04. The number of para-hydroxylation sites is 1. The lowest BCUT2D eigenvalue weighted by Crippen LogP contribution is -2.11. The maximum absolute atomic E-state index is 2.41. The summed E-state index contributed by atoms with van der Waals surface area (Å²) in [6.45, 7) is 0. The maximum atomic E-state index is 2.41. The molecule has 0 aromatic heterocycles. The van der Waals surface area contributed by atoms with Gasteiger partial charge in [-0.1, -0.05) is 218 Å². The minimum Gasteiger partial charge on any atom is -0.310 e. The predicted molar refractivity (Wildman–Crippen MR) is 261 cm³/mol. The van der Waals surface area contributed by atoms with E-state index in [2.05, 4.69) is 254 Å². The van der Waals surface area contributed by atoms with Crippen LogP contribution in [0.3, 0.4) is 0 Å². The van der Waals surface area contributed by atoms with Crippen molar-refractivity contribution < 1.29 is 0 Å². The molecule has 286 valence electrons. The summed E-state index contributed by atoms with van der Waals surface area (Å²) < 4.78 is 0. The van der Waals surface area contributed by atoms with Crippen molar-refractivity contribution in [2.75, 3.05) is 4.90 Å². The third-order valence-corrected chi connectivity index (χ3v) is 12.1. The van der Waals surface area contributed by atoms with Crippen molar-refractivity contribution in [3.8, 4) is 55.6 Å². The smallest absolute Gasteiger partial charge is 0.0540 e. The Bertz CT molecular complexity index is 3320. The second-order valence-electron chi connectivity index (χ2n) is 15.7. The van der Waals surface area contributed by atoms with Crippen molar-refractivity contribution in [1.29, 1.82) is 0 Å². The molecule has 0 saturated heterocycles. The van der Waals surface area contributed by atoms with Crippen LogP contribution in [0.5, 0.6) is 0 Å². The zero-order valence-electron chi connectivity index (χ0n) is 33.6. The number of hydrogen-bond donors (Lipinski definition) is 0. The lowest BCUT2D eigenvalue weighted by molar-refractivity contribution is 1.28. The van der Waals surface area contributed by atoms with Gasteiger partial charge in [0.05, 0.1) is 5.69 Å². The normalized spacial score (nSPS) is 11.3. The van der Waals surface area contributed by atoms with Gasteiger partial charge in [-0.2, -0.15) is 0 Å². The Morgan fingerprint density at radius 3 is 1.41 bits per heavy atom. The first-order valence-corrected chi connectivity index (χ1v) is 21.0. The van der Waals surface area contributed by atoms with Gasteiger partial charge in [-0.15, -0.1) is 0 Å². The molecule has 0 spiro atoms. The van der Waals surface area contributed by atoms with Gasteiger partial charge in [-0.05, 0) is 113 Å². The van der Waals surface area contributed by atoms with Gasteiger partial charge in [0.15, 0.2) is 0 Å². The van der Waals surface area contributed by atoms with Crippen LogP contribution < -0.4 is 4.90 Å². The van der Waals surface area contributed by atoms with Crippen LogP contribution in [0.4, 0.5) is 17.1 Å². The van der Waals surface area contributed by atoms with Crippen molar-refractivity contribution in [2.45, 2.75) is 0 Å². The van der Waals surface area contributed by atoms with Crippen molar-refractivity contribution in [3.05, 3.63) is 249 Å². The highest BCUT2D eigenvalue weighted by Crippen LogP contribution is 2.44. The maximum Gasteiger partial charge on any atom is 0.0540 e. The first-order valence-electron chi connectivity index (χ1n) is 21.0. The summed E-state index contributed by atoms with van der Waals surface area (Å²) >= 11 is 0. The molecular formula is C60H41N. The molecule has 0 unspecified atom stereocenters. The highest BCUT2D eigenvalue weighted by molar-refractivity contribution is 6.12. The summed E-state index contributed by atoms with van der Waals surface area (Å²) in [5.74, 6) is 0. The number of rotatable bonds is 8. The molecule has 1 heteroatoms. The molecule has 0 atom stereocenters. The van der Waals surface area contributed by atoms with Gasteiger partial charge in [-0.3, -0.25) is 0 Å². The summed E-state index contributed by atoms with van der Waals surface area (Å²) in [6.07, 6.45) is 0. The third kappa shape index (κ3) is 6.83. The largest absolute Gasteiger partial charge is 0.310 e. The quantitative estimate of drug-likeness (QED) is 0.139. The van der Waals surface area contributed by atoms with Crippen LogP contribution in [0.2, 0.25) is 0 Å². The molecule has 11 rings (SSSR count). The van der Waals surface area contributed by atoms with Crippen LogP contribution in [0, 0.1) is 0 Å². The second kappa shape index (κ2) is 15.6. The van der Waals surface area contributed by atoms with E-state index in [1.54, 1.807) is 0 Å². The summed E-state index contributed by atoms with van der Waals surface area (Å²) in [6, 6.07) is 90.4. The van der Waals surface area contributed by atoms with Crippen LogP contribution in [0.1, 0.15) is 0 Å². The molecule has 0 aliphatic carbocycles. The van der Waals surface area contributed by atoms with Crippen LogP contribution >= 0.6 is 0 Å². The predicted octanol–water partition coefficient (Wildman–Crippen LogP) is 17.0. The highest BCUT2D eigenvalue weighted by atomic mass is 15.1. The standard InChI is InChI=1S/C60H41N/c1-2-13-42(14-3-1)43-29-33-49(34-30-43)57-22-8-9-26-60(57)61(52-19-10-18-50(41-52)56-24-12-25-58-55-21-7-5-16-47(55)37-40-59(56)58)51-38-35-45(36-39-51)44-27-31-48(32-28-44)54-23-11-17-46-15-4-6-20-53(46)54/h1-41H. The van der Waals surface area contributed by atoms with E-state index in [0.717, 1.165) is 22.6 Å². The van der Waals surface area contributed by atoms with Crippen molar-refractivity contribution in [3.63, 3.8) is 0 Å². The topological polar surface area (TPSA) is 3.24 Å². The molecule has 0 aliphatic rings. The molecule has 1 nitrogen and oxygen atoms in total. The fourth-order valence-electron chi connectivity index (χ4n) is 9.04. The first kappa shape index (κ1) is 36.1. The third-order valence-electron chi connectivity index (χ3n) is 12.1. The molecule has 11 aromatic rings. The van der Waals surface area contributed by atoms with Gasteiger partial charge < -0.3 is 4.90 Å². The minimum atomic E-state index is 1.09. The molecule has 0 amide bonds. The van der Waals surface area contributed by atoms with E-state index in [-0.39, 0.29) is 0 Å².